The summed E-state index contributed by atoms with van der Waals surface area (Å²) in [5.74, 6) is 4.38. The number of terminal acetylenes is 1. The Morgan fingerprint density at radius 3 is 3.08 bits per heavy atom. The lowest BCUT2D eigenvalue weighted by molar-refractivity contribution is 0.315. The fourth-order valence-electron chi connectivity index (χ4n) is 0.670. The number of amidine groups is 1. The first-order valence-electron chi connectivity index (χ1n) is 3.94. The number of nitrogens with zero attached hydrogens (tertiary/aromatic N) is 1. The van der Waals surface area contributed by atoms with Gasteiger partial charge in [0.05, 0.1) is 11.8 Å². The van der Waals surface area contributed by atoms with Gasteiger partial charge in [-0.1, -0.05) is 11.1 Å². The van der Waals surface area contributed by atoms with Gasteiger partial charge < -0.3 is 16.3 Å². The number of rotatable bonds is 6. The van der Waals surface area contributed by atoms with Gasteiger partial charge >= 0.3 is 0 Å². The van der Waals surface area contributed by atoms with Crippen molar-refractivity contribution >= 4 is 17.6 Å². The molecule has 0 saturated carbocycles. The monoisotopic (exact) mass is 201 g/mol. The van der Waals surface area contributed by atoms with E-state index in [-0.39, 0.29) is 11.9 Å². The Balaban J connectivity index is 3.38. The van der Waals surface area contributed by atoms with Crippen LogP contribution >= 0.6 is 11.8 Å². The second-order valence-electron chi connectivity index (χ2n) is 2.46. The predicted molar refractivity (Wildman–Crippen MR) is 57.0 cm³/mol. The van der Waals surface area contributed by atoms with E-state index in [0.29, 0.717) is 0 Å². The summed E-state index contributed by atoms with van der Waals surface area (Å²) in [6.07, 6.45) is 5.08. The molecular weight excluding hydrogens is 186 g/mol. The minimum atomic E-state index is -0.101. The van der Waals surface area contributed by atoms with Crippen LogP contribution in [0.2, 0.25) is 0 Å². The molecule has 0 heterocycles. The molecule has 0 rings (SSSR count). The number of oxime groups is 1. The molecule has 1 atom stereocenters. The van der Waals surface area contributed by atoms with Crippen LogP contribution in [0.4, 0.5) is 0 Å². The molecule has 74 valence electrons. The number of thioether (sulfide) groups is 1. The van der Waals surface area contributed by atoms with Gasteiger partial charge in [-0.05, 0) is 6.92 Å². The van der Waals surface area contributed by atoms with E-state index in [1.807, 2.05) is 6.92 Å². The smallest absolute Gasteiger partial charge is 0.156 e. The van der Waals surface area contributed by atoms with Crippen LogP contribution in [0.3, 0.4) is 0 Å². The summed E-state index contributed by atoms with van der Waals surface area (Å²) in [7, 11) is 0. The highest BCUT2D eigenvalue weighted by Crippen LogP contribution is 1.95. The lowest BCUT2D eigenvalue weighted by Crippen LogP contribution is -2.40. The molecule has 0 spiro atoms. The maximum atomic E-state index is 8.34. The molecule has 0 fully saturated rings. The zero-order valence-electron chi connectivity index (χ0n) is 7.66. The third-order valence-electron chi connectivity index (χ3n) is 1.44. The predicted octanol–water partition coefficient (Wildman–Crippen LogP) is 0.0773. The number of hydrogen-bond donors (Lipinski definition) is 3. The van der Waals surface area contributed by atoms with Gasteiger partial charge in [0.1, 0.15) is 0 Å². The highest BCUT2D eigenvalue weighted by atomic mass is 32.2. The maximum Gasteiger partial charge on any atom is 0.156 e. The first kappa shape index (κ1) is 12.1. The summed E-state index contributed by atoms with van der Waals surface area (Å²) in [5, 5.41) is 14.3. The van der Waals surface area contributed by atoms with Crippen LogP contribution in [0.1, 0.15) is 6.92 Å². The van der Waals surface area contributed by atoms with E-state index in [0.717, 1.165) is 18.1 Å². The summed E-state index contributed by atoms with van der Waals surface area (Å²) in [4.78, 5) is 0. The van der Waals surface area contributed by atoms with Crippen LogP contribution in [0.5, 0.6) is 0 Å². The molecule has 4 nitrogen and oxygen atoms in total. The molecule has 0 saturated heterocycles. The maximum absolute atomic E-state index is 8.34. The summed E-state index contributed by atoms with van der Waals surface area (Å²) in [6, 6.07) is -0.101. The summed E-state index contributed by atoms with van der Waals surface area (Å²) in [5.41, 5.74) is 5.36. The number of nitrogens with two attached hydrogens (primary N) is 1. The summed E-state index contributed by atoms with van der Waals surface area (Å²) in [6.45, 7) is 2.63. The minimum Gasteiger partial charge on any atom is -0.409 e. The molecular formula is C8H15N3OS. The minimum absolute atomic E-state index is 0.101. The van der Waals surface area contributed by atoms with Crippen molar-refractivity contribution in [2.45, 2.75) is 13.0 Å². The van der Waals surface area contributed by atoms with E-state index in [4.69, 9.17) is 17.4 Å². The summed E-state index contributed by atoms with van der Waals surface area (Å²) >= 11 is 1.67. The lowest BCUT2D eigenvalue weighted by Gasteiger charge is -2.10. The van der Waals surface area contributed by atoms with E-state index < -0.39 is 0 Å². The van der Waals surface area contributed by atoms with E-state index in [1.54, 1.807) is 11.8 Å². The van der Waals surface area contributed by atoms with Crippen LogP contribution in [0, 0.1) is 12.3 Å². The van der Waals surface area contributed by atoms with Crippen molar-refractivity contribution in [2.24, 2.45) is 10.9 Å². The van der Waals surface area contributed by atoms with Crippen LogP contribution in [-0.4, -0.2) is 35.1 Å². The molecule has 0 aromatic rings. The average molecular weight is 201 g/mol. The summed E-state index contributed by atoms with van der Waals surface area (Å²) < 4.78 is 0. The van der Waals surface area contributed by atoms with Crippen molar-refractivity contribution in [3.8, 4) is 12.3 Å². The third kappa shape index (κ3) is 6.31. The van der Waals surface area contributed by atoms with Gasteiger partial charge in [-0.2, -0.15) is 0 Å². The van der Waals surface area contributed by atoms with E-state index >= 15 is 0 Å². The Hall–Kier alpha value is -0.860. The van der Waals surface area contributed by atoms with Crippen LogP contribution in [0.15, 0.2) is 5.16 Å². The van der Waals surface area contributed by atoms with Crippen molar-refractivity contribution in [2.75, 3.05) is 18.1 Å². The van der Waals surface area contributed by atoms with Crippen LogP contribution < -0.4 is 11.1 Å². The molecule has 0 bridgehead atoms. The van der Waals surface area contributed by atoms with Crippen LogP contribution in [0.25, 0.3) is 0 Å². The number of hydrogen-bond acceptors (Lipinski definition) is 4. The Morgan fingerprint density at radius 1 is 1.85 bits per heavy atom. The SMILES string of the molecule is C#CCSCCNC(C)C(N)=NO. The van der Waals surface area contributed by atoms with Gasteiger partial charge in [0.25, 0.3) is 0 Å². The Bertz CT molecular complexity index is 200. The first-order chi connectivity index (χ1) is 6.22. The van der Waals surface area contributed by atoms with Gasteiger partial charge in [-0.25, -0.2) is 0 Å². The van der Waals surface area contributed by atoms with Crippen molar-refractivity contribution < 1.29 is 5.21 Å². The fraction of sp³-hybridized carbons (Fsp3) is 0.625. The molecule has 5 heteroatoms. The standard InChI is InChI=1S/C8H15N3OS/c1-3-5-13-6-4-10-7(2)8(9)11-12/h1,7,10,12H,4-6H2,2H3,(H2,9,11). The molecule has 0 amide bonds. The van der Waals surface area contributed by atoms with Gasteiger partial charge in [-0.15, -0.1) is 18.2 Å². The quantitative estimate of drug-likeness (QED) is 0.142. The Labute approximate surface area is 82.9 Å². The molecule has 0 aliphatic rings. The normalized spacial score (nSPS) is 13.7. The zero-order chi connectivity index (χ0) is 10.1. The van der Waals surface area contributed by atoms with E-state index in [1.165, 1.54) is 0 Å². The topological polar surface area (TPSA) is 70.6 Å². The van der Waals surface area contributed by atoms with Gasteiger partial charge in [0.15, 0.2) is 5.84 Å². The Morgan fingerprint density at radius 2 is 2.54 bits per heavy atom. The molecule has 0 aliphatic heterocycles. The second kappa shape index (κ2) is 7.77. The van der Waals surface area contributed by atoms with Gasteiger partial charge in [0.2, 0.25) is 0 Å². The van der Waals surface area contributed by atoms with Crippen molar-refractivity contribution in [3.05, 3.63) is 0 Å². The molecule has 13 heavy (non-hydrogen) atoms. The van der Waals surface area contributed by atoms with Gasteiger partial charge in [-0.3, -0.25) is 0 Å². The highest BCUT2D eigenvalue weighted by Gasteiger charge is 2.04. The molecule has 0 radical (unpaired) electrons. The third-order valence-corrected chi connectivity index (χ3v) is 2.31. The first-order valence-corrected chi connectivity index (χ1v) is 5.09. The zero-order valence-corrected chi connectivity index (χ0v) is 8.47. The van der Waals surface area contributed by atoms with E-state index in [9.17, 15) is 0 Å². The highest BCUT2D eigenvalue weighted by molar-refractivity contribution is 7.99. The molecule has 4 N–H and O–H groups in total. The molecule has 0 aliphatic carbocycles. The molecule has 0 aromatic heterocycles. The molecule has 1 unspecified atom stereocenters. The van der Waals surface area contributed by atoms with Crippen molar-refractivity contribution in [3.63, 3.8) is 0 Å². The molecule has 0 aromatic carbocycles. The van der Waals surface area contributed by atoms with Crippen LogP contribution in [-0.2, 0) is 0 Å². The van der Waals surface area contributed by atoms with Gasteiger partial charge in [0, 0.05) is 12.3 Å². The Kier molecular flexibility index (Phi) is 7.26. The van der Waals surface area contributed by atoms with E-state index in [2.05, 4.69) is 16.4 Å². The fourth-order valence-corrected chi connectivity index (χ4v) is 1.19. The number of nitrogens with one attached hydrogen (secondary N) is 1. The largest absolute Gasteiger partial charge is 0.409 e. The van der Waals surface area contributed by atoms with Crippen molar-refractivity contribution in [1.29, 1.82) is 0 Å². The van der Waals surface area contributed by atoms with Crippen molar-refractivity contribution in [1.82, 2.24) is 5.32 Å². The lowest BCUT2D eigenvalue weighted by atomic mass is 10.3. The average Bonchev–Trinajstić information content (AvgIpc) is 2.16. The second-order valence-corrected chi connectivity index (χ2v) is 3.56.